The number of carbonyl (C=O) groups is 2. The first-order valence-corrected chi connectivity index (χ1v) is 7.73. The van der Waals surface area contributed by atoms with E-state index in [4.69, 9.17) is 15.7 Å². The van der Waals surface area contributed by atoms with Gasteiger partial charge in [0, 0.05) is 18.6 Å². The lowest BCUT2D eigenvalue weighted by atomic mass is 10.0. The Morgan fingerprint density at radius 1 is 1.28 bits per heavy atom. The molecule has 1 aromatic carbocycles. The number of hydrogen-bond donors (Lipinski definition) is 1. The molecule has 0 atom stereocenters. The molecule has 0 aliphatic heterocycles. The number of nitrogens with two attached hydrogens (primary N) is 1. The van der Waals surface area contributed by atoms with Gasteiger partial charge < -0.3 is 10.5 Å². The van der Waals surface area contributed by atoms with Gasteiger partial charge in [0.2, 0.25) is 0 Å². The van der Waals surface area contributed by atoms with Crippen molar-refractivity contribution < 1.29 is 19.2 Å². The van der Waals surface area contributed by atoms with E-state index in [1.165, 1.54) is 30.3 Å². The molecular formula is C17H19N3O5. The molecule has 0 amide bonds. The molecule has 1 aromatic rings. The third kappa shape index (κ3) is 6.93. The highest BCUT2D eigenvalue weighted by Gasteiger charge is 2.19. The van der Waals surface area contributed by atoms with Crippen LogP contribution in [0.25, 0.3) is 6.08 Å². The quantitative estimate of drug-likeness (QED) is 0.130. The third-order valence-electron chi connectivity index (χ3n) is 3.24. The average molecular weight is 345 g/mol. The number of esters is 1. The van der Waals surface area contributed by atoms with Crippen LogP contribution < -0.4 is 5.73 Å². The maximum Gasteiger partial charge on any atom is 0.341 e. The minimum atomic E-state index is -0.814. The summed E-state index contributed by atoms with van der Waals surface area (Å²) in [6.45, 7) is 0.338. The van der Waals surface area contributed by atoms with E-state index in [2.05, 4.69) is 0 Å². The fraction of sp³-hybridized carbons (Fsp3) is 0.353. The minimum Gasteiger partial charge on any atom is -0.461 e. The molecule has 0 spiro atoms. The van der Waals surface area contributed by atoms with Gasteiger partial charge in [-0.1, -0.05) is 0 Å². The highest BCUT2D eigenvalue weighted by atomic mass is 16.6. The monoisotopic (exact) mass is 345 g/mol. The van der Waals surface area contributed by atoms with E-state index in [1.54, 1.807) is 0 Å². The minimum absolute atomic E-state index is 0.0257. The number of non-ortho nitro benzene ring substituents is 1. The van der Waals surface area contributed by atoms with Gasteiger partial charge in [-0.2, -0.15) is 5.26 Å². The van der Waals surface area contributed by atoms with Crippen LogP contribution in [0.5, 0.6) is 0 Å². The zero-order chi connectivity index (χ0) is 18.7. The Morgan fingerprint density at radius 2 is 1.96 bits per heavy atom. The van der Waals surface area contributed by atoms with Crippen molar-refractivity contribution in [3.8, 4) is 6.07 Å². The van der Waals surface area contributed by atoms with E-state index < -0.39 is 16.7 Å². The van der Waals surface area contributed by atoms with Gasteiger partial charge in [-0.3, -0.25) is 14.9 Å². The van der Waals surface area contributed by atoms with Gasteiger partial charge in [-0.25, -0.2) is 4.79 Å². The molecule has 0 aromatic heterocycles. The molecule has 1 rings (SSSR count). The molecule has 0 fully saturated rings. The second-order valence-electron chi connectivity index (χ2n) is 5.12. The molecule has 132 valence electrons. The summed E-state index contributed by atoms with van der Waals surface area (Å²) < 4.78 is 4.92. The van der Waals surface area contributed by atoms with Gasteiger partial charge in [-0.05, 0) is 43.2 Å². The topological polar surface area (TPSA) is 136 Å². The Balaban J connectivity index is 2.98. The van der Waals surface area contributed by atoms with Gasteiger partial charge >= 0.3 is 5.97 Å². The SMILES string of the molecule is N#CCCOC(=O)C(=Cc1ccc([N+](=O)[O-])cc1)C(=O)CCCCN. The molecule has 2 N–H and O–H groups in total. The number of benzene rings is 1. The number of nitrogens with zero attached hydrogens (tertiary/aromatic N) is 2. The maximum absolute atomic E-state index is 12.3. The maximum atomic E-state index is 12.3. The number of ketones is 1. The molecule has 25 heavy (non-hydrogen) atoms. The summed E-state index contributed by atoms with van der Waals surface area (Å²) in [6, 6.07) is 7.28. The van der Waals surface area contributed by atoms with Crippen LogP contribution in [0.4, 0.5) is 5.69 Å². The first-order valence-electron chi connectivity index (χ1n) is 7.73. The second-order valence-corrected chi connectivity index (χ2v) is 5.12. The first-order chi connectivity index (χ1) is 12.0. The van der Waals surface area contributed by atoms with E-state index in [0.717, 1.165) is 0 Å². The molecular weight excluding hydrogens is 326 g/mol. The van der Waals surface area contributed by atoms with E-state index in [0.29, 0.717) is 24.9 Å². The zero-order valence-electron chi connectivity index (χ0n) is 13.6. The predicted octanol–water partition coefficient (Wildman–Crippen LogP) is 2.13. The van der Waals surface area contributed by atoms with Crippen molar-refractivity contribution in [1.29, 1.82) is 5.26 Å². The summed E-state index contributed by atoms with van der Waals surface area (Å²) in [4.78, 5) is 34.5. The predicted molar refractivity (Wildman–Crippen MR) is 90.2 cm³/mol. The number of nitriles is 1. The Bertz CT molecular complexity index is 689. The van der Waals surface area contributed by atoms with Gasteiger partial charge in [0.25, 0.3) is 5.69 Å². The van der Waals surface area contributed by atoms with Gasteiger partial charge in [0.15, 0.2) is 5.78 Å². The van der Waals surface area contributed by atoms with Crippen molar-refractivity contribution in [3.05, 3.63) is 45.5 Å². The molecule has 0 heterocycles. The van der Waals surface area contributed by atoms with Crippen LogP contribution in [-0.4, -0.2) is 29.8 Å². The van der Waals surface area contributed by atoms with E-state index >= 15 is 0 Å². The van der Waals surface area contributed by atoms with Crippen LogP contribution in [0.1, 0.15) is 31.2 Å². The van der Waals surface area contributed by atoms with E-state index in [1.807, 2.05) is 6.07 Å². The number of Topliss-reactive ketones (excluding diaryl/α,β-unsaturated/α-hetero) is 1. The van der Waals surface area contributed by atoms with Gasteiger partial charge in [0.1, 0.15) is 12.2 Å². The van der Waals surface area contributed by atoms with Crippen molar-refractivity contribution in [2.45, 2.75) is 25.7 Å². The summed E-state index contributed by atoms with van der Waals surface area (Å²) in [6.07, 6.45) is 2.70. The highest BCUT2D eigenvalue weighted by Crippen LogP contribution is 2.17. The Kier molecular flexibility index (Phi) is 8.54. The van der Waals surface area contributed by atoms with E-state index in [-0.39, 0.29) is 30.7 Å². The Hall–Kier alpha value is -3.05. The second kappa shape index (κ2) is 10.7. The summed E-state index contributed by atoms with van der Waals surface area (Å²) in [7, 11) is 0. The summed E-state index contributed by atoms with van der Waals surface area (Å²) >= 11 is 0. The molecule has 0 aliphatic rings. The Labute approximate surface area is 145 Å². The standard InChI is InChI=1S/C17H19N3O5/c18-9-2-1-4-16(21)15(17(22)25-11-3-10-19)12-13-5-7-14(8-6-13)20(23)24/h5-8,12H,1-4,9,11,18H2. The molecule has 0 bridgehead atoms. The fourth-order valence-corrected chi connectivity index (χ4v) is 1.94. The lowest BCUT2D eigenvalue weighted by Crippen LogP contribution is -2.16. The van der Waals surface area contributed by atoms with Gasteiger partial charge in [-0.15, -0.1) is 0 Å². The lowest BCUT2D eigenvalue weighted by Gasteiger charge is -2.07. The van der Waals surface area contributed by atoms with Crippen LogP contribution in [-0.2, 0) is 14.3 Å². The van der Waals surface area contributed by atoms with Crippen LogP contribution in [0.15, 0.2) is 29.8 Å². The fourth-order valence-electron chi connectivity index (χ4n) is 1.94. The number of nitro benzene ring substituents is 1. The molecule has 0 saturated carbocycles. The number of hydrogen-bond acceptors (Lipinski definition) is 7. The van der Waals surface area contributed by atoms with Gasteiger partial charge in [0.05, 0.1) is 17.4 Å². The number of ether oxygens (including phenoxy) is 1. The normalized spacial score (nSPS) is 10.8. The number of carbonyl (C=O) groups excluding carboxylic acids is 2. The highest BCUT2D eigenvalue weighted by molar-refractivity contribution is 6.20. The number of unbranched alkanes of at least 4 members (excludes halogenated alkanes) is 1. The van der Waals surface area contributed by atoms with Crippen molar-refractivity contribution in [2.75, 3.05) is 13.2 Å². The average Bonchev–Trinajstić information content (AvgIpc) is 2.60. The third-order valence-corrected chi connectivity index (χ3v) is 3.24. The summed E-state index contributed by atoms with van der Waals surface area (Å²) in [5.74, 6) is -1.21. The van der Waals surface area contributed by atoms with Crippen LogP contribution in [0.2, 0.25) is 0 Å². The molecule has 0 unspecified atom stereocenters. The molecule has 0 radical (unpaired) electrons. The van der Waals surface area contributed by atoms with Crippen molar-refractivity contribution in [1.82, 2.24) is 0 Å². The molecule has 8 heteroatoms. The zero-order valence-corrected chi connectivity index (χ0v) is 13.6. The molecule has 0 saturated heterocycles. The largest absolute Gasteiger partial charge is 0.461 e. The van der Waals surface area contributed by atoms with Crippen molar-refractivity contribution in [2.24, 2.45) is 5.73 Å². The Morgan fingerprint density at radius 3 is 2.52 bits per heavy atom. The lowest BCUT2D eigenvalue weighted by molar-refractivity contribution is -0.384. The molecule has 8 nitrogen and oxygen atoms in total. The number of nitro groups is 1. The van der Waals surface area contributed by atoms with E-state index in [9.17, 15) is 19.7 Å². The summed E-state index contributed by atoms with van der Waals surface area (Å²) in [5.41, 5.74) is 5.61. The van der Waals surface area contributed by atoms with Crippen molar-refractivity contribution >= 4 is 23.5 Å². The molecule has 0 aliphatic carbocycles. The van der Waals surface area contributed by atoms with Crippen LogP contribution in [0.3, 0.4) is 0 Å². The smallest absolute Gasteiger partial charge is 0.341 e. The van der Waals surface area contributed by atoms with Crippen LogP contribution >= 0.6 is 0 Å². The first kappa shape index (κ1) is 20.0. The summed E-state index contributed by atoms with van der Waals surface area (Å²) in [5, 5.41) is 19.2. The van der Waals surface area contributed by atoms with Crippen LogP contribution in [0, 0.1) is 21.4 Å². The van der Waals surface area contributed by atoms with Crippen molar-refractivity contribution in [3.63, 3.8) is 0 Å². The number of rotatable bonds is 10.